The highest BCUT2D eigenvalue weighted by molar-refractivity contribution is 5.76. The van der Waals surface area contributed by atoms with E-state index in [-0.39, 0.29) is 5.97 Å². The average molecular weight is 226 g/mol. The Bertz CT molecular complexity index is 581. The maximum atomic E-state index is 10.8. The second kappa shape index (κ2) is 3.63. The van der Waals surface area contributed by atoms with Gasteiger partial charge in [0.2, 0.25) is 0 Å². The van der Waals surface area contributed by atoms with Crippen LogP contribution in [0.25, 0.3) is 11.1 Å². The summed E-state index contributed by atoms with van der Waals surface area (Å²) in [7, 11) is 0. The molecule has 17 heavy (non-hydrogen) atoms. The van der Waals surface area contributed by atoms with Crippen LogP contribution in [0, 0.1) is 0 Å². The Balaban J connectivity index is 1.90. The molecule has 2 heterocycles. The van der Waals surface area contributed by atoms with Gasteiger partial charge in [0.15, 0.2) is 0 Å². The third-order valence-electron chi connectivity index (χ3n) is 2.61. The van der Waals surface area contributed by atoms with Gasteiger partial charge in [-0.3, -0.25) is 4.79 Å². The van der Waals surface area contributed by atoms with E-state index in [2.05, 4.69) is 0 Å². The van der Waals surface area contributed by atoms with Crippen molar-refractivity contribution < 1.29 is 14.3 Å². The predicted molar refractivity (Wildman–Crippen MR) is 63.3 cm³/mol. The molecule has 2 bridgehead atoms. The van der Waals surface area contributed by atoms with E-state index in [1.165, 1.54) is 6.92 Å². The number of hydrogen-bond acceptors (Lipinski definition) is 3. The van der Waals surface area contributed by atoms with E-state index in [0.29, 0.717) is 5.75 Å². The van der Waals surface area contributed by atoms with Gasteiger partial charge in [0.25, 0.3) is 0 Å². The fourth-order valence-corrected chi connectivity index (χ4v) is 1.83. The molecule has 2 aromatic carbocycles. The Hall–Kier alpha value is -2.29. The first-order valence-corrected chi connectivity index (χ1v) is 5.33. The van der Waals surface area contributed by atoms with Gasteiger partial charge in [0.1, 0.15) is 17.2 Å². The van der Waals surface area contributed by atoms with Crippen molar-refractivity contribution in [3.8, 4) is 28.4 Å². The lowest BCUT2D eigenvalue weighted by Gasteiger charge is -2.20. The summed E-state index contributed by atoms with van der Waals surface area (Å²) >= 11 is 0. The molecule has 0 aliphatic carbocycles. The summed E-state index contributed by atoms with van der Waals surface area (Å²) in [6, 6.07) is 13.3. The molecule has 0 spiro atoms. The van der Waals surface area contributed by atoms with E-state index < -0.39 is 0 Å². The lowest BCUT2D eigenvalue weighted by Crippen LogP contribution is -2.01. The Morgan fingerprint density at radius 3 is 2.35 bits per heavy atom. The molecule has 0 amide bonds. The summed E-state index contributed by atoms with van der Waals surface area (Å²) in [5, 5.41) is 0. The van der Waals surface area contributed by atoms with Crippen molar-refractivity contribution in [1.82, 2.24) is 0 Å². The van der Waals surface area contributed by atoms with Gasteiger partial charge in [-0.05, 0) is 29.8 Å². The van der Waals surface area contributed by atoms with Crippen molar-refractivity contribution in [3.63, 3.8) is 0 Å². The molecule has 3 nitrogen and oxygen atoms in total. The van der Waals surface area contributed by atoms with Crippen molar-refractivity contribution in [3.05, 3.63) is 42.5 Å². The van der Waals surface area contributed by atoms with Crippen LogP contribution in [0.15, 0.2) is 42.5 Å². The van der Waals surface area contributed by atoms with Gasteiger partial charge in [-0.1, -0.05) is 12.1 Å². The molecule has 2 aliphatic rings. The molecule has 0 fully saturated rings. The minimum Gasteiger partial charge on any atom is -0.456 e. The second-order valence-corrected chi connectivity index (χ2v) is 3.88. The molecule has 0 N–H and O–H groups in total. The molecule has 4 rings (SSSR count). The lowest BCUT2D eigenvalue weighted by atomic mass is 10.0. The van der Waals surface area contributed by atoms with Crippen LogP contribution >= 0.6 is 0 Å². The first-order valence-electron chi connectivity index (χ1n) is 5.33. The number of ether oxygens (including phenoxy) is 2. The van der Waals surface area contributed by atoms with Crippen LogP contribution in [0.4, 0.5) is 0 Å². The molecule has 0 unspecified atom stereocenters. The van der Waals surface area contributed by atoms with Crippen LogP contribution in [0.2, 0.25) is 0 Å². The van der Waals surface area contributed by atoms with Crippen molar-refractivity contribution >= 4 is 5.97 Å². The topological polar surface area (TPSA) is 35.5 Å². The van der Waals surface area contributed by atoms with Gasteiger partial charge < -0.3 is 9.47 Å². The lowest BCUT2D eigenvalue weighted by molar-refractivity contribution is -0.131. The van der Waals surface area contributed by atoms with E-state index in [4.69, 9.17) is 9.47 Å². The maximum Gasteiger partial charge on any atom is 0.308 e. The van der Waals surface area contributed by atoms with Crippen LogP contribution in [-0.4, -0.2) is 5.97 Å². The largest absolute Gasteiger partial charge is 0.456 e. The summed E-state index contributed by atoms with van der Waals surface area (Å²) in [5.41, 5.74) is 2.09. The smallest absolute Gasteiger partial charge is 0.308 e. The van der Waals surface area contributed by atoms with Gasteiger partial charge in [-0.15, -0.1) is 0 Å². The first kappa shape index (κ1) is 9.90. The number of hydrogen-bond donors (Lipinski definition) is 0. The van der Waals surface area contributed by atoms with E-state index in [1.807, 2.05) is 30.3 Å². The molecule has 0 saturated heterocycles. The zero-order valence-corrected chi connectivity index (χ0v) is 9.27. The van der Waals surface area contributed by atoms with E-state index >= 15 is 0 Å². The Morgan fingerprint density at radius 2 is 1.82 bits per heavy atom. The number of carbonyl (C=O) groups excluding carboxylic acids is 1. The quantitative estimate of drug-likeness (QED) is 0.496. The highest BCUT2D eigenvalue weighted by Crippen LogP contribution is 2.43. The third-order valence-corrected chi connectivity index (χ3v) is 2.61. The SMILES string of the molecule is CC(=O)Oc1ccc(-c2ccc3cc2O3)cc1. The van der Waals surface area contributed by atoms with Gasteiger partial charge in [0, 0.05) is 18.6 Å². The van der Waals surface area contributed by atoms with Crippen LogP contribution < -0.4 is 9.47 Å². The highest BCUT2D eigenvalue weighted by Gasteiger charge is 2.16. The molecular formula is C14H10O3. The van der Waals surface area contributed by atoms with Crippen molar-refractivity contribution in [2.45, 2.75) is 6.92 Å². The van der Waals surface area contributed by atoms with Crippen LogP contribution in [0.1, 0.15) is 6.92 Å². The van der Waals surface area contributed by atoms with Crippen molar-refractivity contribution in [2.75, 3.05) is 0 Å². The van der Waals surface area contributed by atoms with E-state index in [0.717, 1.165) is 22.6 Å². The molecule has 0 atom stereocenters. The van der Waals surface area contributed by atoms with E-state index in [9.17, 15) is 4.79 Å². The Labute approximate surface area is 98.6 Å². The molecule has 0 saturated carbocycles. The molecule has 0 aromatic heterocycles. The van der Waals surface area contributed by atoms with E-state index in [1.54, 1.807) is 12.1 Å². The molecule has 3 heteroatoms. The van der Waals surface area contributed by atoms with Gasteiger partial charge in [-0.25, -0.2) is 0 Å². The predicted octanol–water partition coefficient (Wildman–Crippen LogP) is 3.38. The van der Waals surface area contributed by atoms with Crippen LogP contribution in [0.3, 0.4) is 0 Å². The minimum atomic E-state index is -0.313. The maximum absolute atomic E-state index is 10.8. The number of rotatable bonds is 2. The van der Waals surface area contributed by atoms with Crippen LogP contribution in [0.5, 0.6) is 17.2 Å². The minimum absolute atomic E-state index is 0.313. The average Bonchev–Trinajstić information content (AvgIpc) is 2.28. The van der Waals surface area contributed by atoms with Crippen LogP contribution in [-0.2, 0) is 4.79 Å². The van der Waals surface area contributed by atoms with Crippen molar-refractivity contribution in [2.24, 2.45) is 0 Å². The molecule has 2 aromatic rings. The number of fused-ring (bicyclic) bond motifs is 2. The monoisotopic (exact) mass is 226 g/mol. The summed E-state index contributed by atoms with van der Waals surface area (Å²) in [4.78, 5) is 10.8. The first-order chi connectivity index (χ1) is 8.22. The zero-order chi connectivity index (χ0) is 11.8. The fraction of sp³-hybridized carbons (Fsp3) is 0.0714. The van der Waals surface area contributed by atoms with Crippen molar-refractivity contribution in [1.29, 1.82) is 0 Å². The summed E-state index contributed by atoms with van der Waals surface area (Å²) in [6.45, 7) is 1.39. The Kier molecular flexibility index (Phi) is 2.11. The van der Waals surface area contributed by atoms with Gasteiger partial charge in [-0.2, -0.15) is 0 Å². The third kappa shape index (κ3) is 1.76. The number of benzene rings is 2. The number of carbonyl (C=O) groups is 1. The fourth-order valence-electron chi connectivity index (χ4n) is 1.83. The standard InChI is InChI=1S/C14H10O3/c1-9(15)16-11-4-2-10(3-5-11)13-7-6-12-8-14(13)17-12/h2-8H,1H3. The molecular weight excluding hydrogens is 216 g/mol. The molecule has 2 aliphatic heterocycles. The normalized spacial score (nSPS) is 11.4. The van der Waals surface area contributed by atoms with Gasteiger partial charge in [0.05, 0.1) is 0 Å². The molecule has 84 valence electrons. The Morgan fingerprint density at radius 1 is 1.12 bits per heavy atom. The summed E-state index contributed by atoms with van der Waals surface area (Å²) in [6.07, 6.45) is 0. The molecule has 0 radical (unpaired) electrons. The summed E-state index contributed by atoms with van der Waals surface area (Å²) < 4.78 is 10.4. The second-order valence-electron chi connectivity index (χ2n) is 3.88. The number of esters is 1. The summed E-state index contributed by atoms with van der Waals surface area (Å²) in [5.74, 6) is 2.03. The zero-order valence-electron chi connectivity index (χ0n) is 9.27. The van der Waals surface area contributed by atoms with Gasteiger partial charge >= 0.3 is 5.97 Å². The highest BCUT2D eigenvalue weighted by atomic mass is 16.5.